The molecule has 0 unspecified atom stereocenters. The Bertz CT molecular complexity index is 127. The van der Waals surface area contributed by atoms with Crippen molar-refractivity contribution in [1.29, 1.82) is 0 Å². The van der Waals surface area contributed by atoms with E-state index in [9.17, 15) is 4.79 Å². The molecule has 3 heteroatoms. The van der Waals surface area contributed by atoms with E-state index in [0.717, 1.165) is 25.5 Å². The summed E-state index contributed by atoms with van der Waals surface area (Å²) in [5.74, 6) is 0.209. The standard InChI is InChI=1S/C7H10Cl2O/c8-6-3-1-2-5(6)7(9)4-10/h4-7H,1-3H2/t5-,6-,7-/m1/s1. The third-order valence-corrected chi connectivity index (χ3v) is 2.99. The average molecular weight is 181 g/mol. The van der Waals surface area contributed by atoms with Crippen molar-refractivity contribution in [1.82, 2.24) is 0 Å². The highest BCUT2D eigenvalue weighted by Gasteiger charge is 2.30. The number of carbonyl (C=O) groups is 1. The van der Waals surface area contributed by atoms with Gasteiger partial charge in [-0.2, -0.15) is 0 Å². The van der Waals surface area contributed by atoms with Crippen LogP contribution < -0.4 is 0 Å². The Balaban J connectivity index is 2.46. The minimum absolute atomic E-state index is 0.118. The molecule has 0 amide bonds. The van der Waals surface area contributed by atoms with Crippen LogP contribution in [0.3, 0.4) is 0 Å². The first-order valence-corrected chi connectivity index (χ1v) is 4.36. The van der Waals surface area contributed by atoms with Gasteiger partial charge >= 0.3 is 0 Å². The highest BCUT2D eigenvalue weighted by Crippen LogP contribution is 2.33. The number of hydrogen-bond acceptors (Lipinski definition) is 1. The molecule has 58 valence electrons. The van der Waals surface area contributed by atoms with Gasteiger partial charge in [0.1, 0.15) is 6.29 Å². The number of alkyl halides is 2. The maximum atomic E-state index is 10.2. The molecule has 0 aromatic rings. The van der Waals surface area contributed by atoms with E-state index in [4.69, 9.17) is 23.2 Å². The zero-order chi connectivity index (χ0) is 7.56. The molecule has 0 radical (unpaired) electrons. The molecule has 1 nitrogen and oxygen atoms in total. The van der Waals surface area contributed by atoms with Gasteiger partial charge in [0, 0.05) is 5.38 Å². The molecular formula is C7H10Cl2O. The lowest BCUT2D eigenvalue weighted by Gasteiger charge is -2.13. The summed E-state index contributed by atoms with van der Waals surface area (Å²) in [6.45, 7) is 0. The van der Waals surface area contributed by atoms with E-state index < -0.39 is 0 Å². The zero-order valence-corrected chi connectivity index (χ0v) is 7.11. The molecule has 0 heterocycles. The Labute approximate surface area is 70.7 Å². The van der Waals surface area contributed by atoms with E-state index in [1.54, 1.807) is 0 Å². The Morgan fingerprint density at radius 3 is 2.60 bits per heavy atom. The molecular weight excluding hydrogens is 171 g/mol. The van der Waals surface area contributed by atoms with Crippen molar-refractivity contribution in [3.05, 3.63) is 0 Å². The highest BCUT2D eigenvalue weighted by atomic mass is 35.5. The van der Waals surface area contributed by atoms with Gasteiger partial charge in [0.25, 0.3) is 0 Å². The number of hydrogen-bond donors (Lipinski definition) is 0. The Morgan fingerprint density at radius 1 is 1.50 bits per heavy atom. The zero-order valence-electron chi connectivity index (χ0n) is 5.59. The van der Waals surface area contributed by atoms with Gasteiger partial charge in [0.15, 0.2) is 0 Å². The minimum Gasteiger partial charge on any atom is -0.302 e. The molecule has 3 atom stereocenters. The van der Waals surface area contributed by atoms with E-state index in [-0.39, 0.29) is 16.7 Å². The summed E-state index contributed by atoms with van der Waals surface area (Å²) >= 11 is 11.6. The van der Waals surface area contributed by atoms with Crippen molar-refractivity contribution in [2.75, 3.05) is 0 Å². The van der Waals surface area contributed by atoms with Crippen LogP contribution >= 0.6 is 23.2 Å². The number of halogens is 2. The number of carbonyl (C=O) groups excluding carboxylic acids is 1. The Kier molecular flexibility index (Phi) is 2.99. The largest absolute Gasteiger partial charge is 0.302 e. The lowest BCUT2D eigenvalue weighted by Crippen LogP contribution is -2.20. The molecule has 0 saturated heterocycles. The van der Waals surface area contributed by atoms with E-state index in [1.807, 2.05) is 0 Å². The topological polar surface area (TPSA) is 17.1 Å². The van der Waals surface area contributed by atoms with Crippen LogP contribution in [-0.2, 0) is 4.79 Å². The van der Waals surface area contributed by atoms with Crippen LogP contribution in [0, 0.1) is 5.92 Å². The number of rotatable bonds is 2. The van der Waals surface area contributed by atoms with Gasteiger partial charge in [-0.15, -0.1) is 23.2 Å². The van der Waals surface area contributed by atoms with Crippen molar-refractivity contribution in [2.45, 2.75) is 30.0 Å². The Hall–Kier alpha value is 0.250. The SMILES string of the molecule is O=C[C@@H](Cl)[C@@H]1CCC[C@H]1Cl. The van der Waals surface area contributed by atoms with Crippen molar-refractivity contribution in [3.63, 3.8) is 0 Å². The minimum atomic E-state index is -0.370. The van der Waals surface area contributed by atoms with Crippen LogP contribution in [0.25, 0.3) is 0 Å². The van der Waals surface area contributed by atoms with Gasteiger partial charge in [-0.05, 0) is 18.8 Å². The van der Waals surface area contributed by atoms with Gasteiger partial charge in [-0.25, -0.2) is 0 Å². The predicted octanol–water partition coefficient (Wildman–Crippen LogP) is 2.20. The first-order chi connectivity index (χ1) is 4.75. The van der Waals surface area contributed by atoms with Gasteiger partial charge in [-0.1, -0.05) is 6.42 Å². The van der Waals surface area contributed by atoms with Crippen molar-refractivity contribution in [3.8, 4) is 0 Å². The molecule has 1 saturated carbocycles. The molecule has 0 spiro atoms. The van der Waals surface area contributed by atoms with Crippen LogP contribution in [0.2, 0.25) is 0 Å². The second kappa shape index (κ2) is 3.59. The summed E-state index contributed by atoms with van der Waals surface area (Å²) in [6, 6.07) is 0. The summed E-state index contributed by atoms with van der Waals surface area (Å²) in [7, 11) is 0. The fourth-order valence-corrected chi connectivity index (χ4v) is 2.22. The molecule has 0 aromatic carbocycles. The maximum Gasteiger partial charge on any atom is 0.138 e. The van der Waals surface area contributed by atoms with Crippen molar-refractivity contribution < 1.29 is 4.79 Å². The summed E-state index contributed by atoms with van der Waals surface area (Å²) < 4.78 is 0. The summed E-state index contributed by atoms with van der Waals surface area (Å²) in [5, 5.41) is -0.252. The molecule has 0 N–H and O–H groups in total. The molecule has 1 aliphatic rings. The first kappa shape index (κ1) is 8.35. The van der Waals surface area contributed by atoms with E-state index >= 15 is 0 Å². The van der Waals surface area contributed by atoms with Crippen molar-refractivity contribution in [2.24, 2.45) is 5.92 Å². The summed E-state index contributed by atoms with van der Waals surface area (Å²) in [4.78, 5) is 10.2. The van der Waals surface area contributed by atoms with Gasteiger partial charge < -0.3 is 4.79 Å². The molecule has 1 aliphatic carbocycles. The lowest BCUT2D eigenvalue weighted by molar-refractivity contribution is -0.108. The monoisotopic (exact) mass is 180 g/mol. The van der Waals surface area contributed by atoms with Crippen LogP contribution in [0.15, 0.2) is 0 Å². The molecule has 1 rings (SSSR count). The fraction of sp³-hybridized carbons (Fsp3) is 0.857. The van der Waals surface area contributed by atoms with Crippen LogP contribution in [0.5, 0.6) is 0 Å². The highest BCUT2D eigenvalue weighted by molar-refractivity contribution is 6.29. The third-order valence-electron chi connectivity index (χ3n) is 2.02. The molecule has 0 aromatic heterocycles. The van der Waals surface area contributed by atoms with Gasteiger partial charge in [0.2, 0.25) is 0 Å². The first-order valence-electron chi connectivity index (χ1n) is 3.49. The normalized spacial score (nSPS) is 35.8. The second-order valence-corrected chi connectivity index (χ2v) is 3.76. The predicted molar refractivity (Wildman–Crippen MR) is 42.7 cm³/mol. The van der Waals surface area contributed by atoms with Crippen LogP contribution in [-0.4, -0.2) is 17.0 Å². The van der Waals surface area contributed by atoms with Crippen molar-refractivity contribution >= 4 is 29.5 Å². The van der Waals surface area contributed by atoms with Crippen LogP contribution in [0.4, 0.5) is 0 Å². The number of aldehydes is 1. The fourth-order valence-electron chi connectivity index (χ4n) is 1.40. The lowest BCUT2D eigenvalue weighted by atomic mass is 10.0. The second-order valence-electron chi connectivity index (χ2n) is 2.69. The van der Waals surface area contributed by atoms with E-state index in [2.05, 4.69) is 0 Å². The average Bonchev–Trinajstić information content (AvgIpc) is 2.34. The third kappa shape index (κ3) is 1.64. The molecule has 1 fully saturated rings. The summed E-state index contributed by atoms with van der Waals surface area (Å²) in [6.07, 6.45) is 3.90. The van der Waals surface area contributed by atoms with Gasteiger partial charge in [0.05, 0.1) is 5.38 Å². The van der Waals surface area contributed by atoms with Gasteiger partial charge in [-0.3, -0.25) is 0 Å². The summed E-state index contributed by atoms with van der Waals surface area (Å²) in [5.41, 5.74) is 0. The smallest absolute Gasteiger partial charge is 0.138 e. The van der Waals surface area contributed by atoms with Crippen LogP contribution in [0.1, 0.15) is 19.3 Å². The molecule has 0 aliphatic heterocycles. The molecule has 0 bridgehead atoms. The Morgan fingerprint density at radius 2 is 2.20 bits per heavy atom. The maximum absolute atomic E-state index is 10.2. The van der Waals surface area contributed by atoms with E-state index in [0.29, 0.717) is 0 Å². The van der Waals surface area contributed by atoms with E-state index in [1.165, 1.54) is 0 Å². The molecule has 10 heavy (non-hydrogen) atoms. The quantitative estimate of drug-likeness (QED) is 0.471.